The van der Waals surface area contributed by atoms with Gasteiger partial charge in [0.25, 0.3) is 0 Å². The van der Waals surface area contributed by atoms with Crippen LogP contribution in [0, 0.1) is 5.41 Å². The van der Waals surface area contributed by atoms with Crippen LogP contribution in [0.5, 0.6) is 0 Å². The molecule has 2 N–H and O–H groups in total. The monoisotopic (exact) mass is 262 g/mol. The molecule has 0 amide bonds. The standard InChI is InChI=1S/C17H30N2/c1-6-15(7-2)19(5)13-17(3,4)16(18)14-11-9-8-10-12-14/h8-12,15-16H,6-7,13,18H2,1-5H3. The summed E-state index contributed by atoms with van der Waals surface area (Å²) in [7, 11) is 2.22. The highest BCUT2D eigenvalue weighted by atomic mass is 15.1. The second-order valence-electron chi connectivity index (χ2n) is 6.26. The molecule has 0 fully saturated rings. The first-order valence-corrected chi connectivity index (χ1v) is 7.43. The average Bonchev–Trinajstić information content (AvgIpc) is 2.39. The number of nitrogens with zero attached hydrogens (tertiary/aromatic N) is 1. The topological polar surface area (TPSA) is 29.3 Å². The minimum atomic E-state index is 0.0681. The van der Waals surface area contributed by atoms with E-state index in [0.29, 0.717) is 6.04 Å². The zero-order valence-electron chi connectivity index (χ0n) is 13.2. The quantitative estimate of drug-likeness (QED) is 0.809. The van der Waals surface area contributed by atoms with Gasteiger partial charge in [0.2, 0.25) is 0 Å². The first-order valence-electron chi connectivity index (χ1n) is 7.43. The Hall–Kier alpha value is -0.860. The summed E-state index contributed by atoms with van der Waals surface area (Å²) >= 11 is 0. The molecule has 1 aromatic carbocycles. The van der Waals surface area contributed by atoms with Crippen LogP contribution in [-0.2, 0) is 0 Å². The lowest BCUT2D eigenvalue weighted by Gasteiger charge is -2.38. The van der Waals surface area contributed by atoms with Gasteiger partial charge in [-0.1, -0.05) is 58.0 Å². The van der Waals surface area contributed by atoms with Crippen molar-refractivity contribution in [2.45, 2.75) is 52.6 Å². The van der Waals surface area contributed by atoms with E-state index in [-0.39, 0.29) is 11.5 Å². The van der Waals surface area contributed by atoms with Crippen LogP contribution in [0.4, 0.5) is 0 Å². The molecule has 0 heterocycles. The summed E-state index contributed by atoms with van der Waals surface area (Å²) in [6.45, 7) is 10.1. The van der Waals surface area contributed by atoms with Gasteiger partial charge in [0.1, 0.15) is 0 Å². The first-order chi connectivity index (χ1) is 8.92. The van der Waals surface area contributed by atoms with Crippen LogP contribution in [0.15, 0.2) is 30.3 Å². The highest BCUT2D eigenvalue weighted by Gasteiger charge is 2.30. The summed E-state index contributed by atoms with van der Waals surface area (Å²) in [6.07, 6.45) is 2.40. The average molecular weight is 262 g/mol. The maximum absolute atomic E-state index is 6.48. The smallest absolute Gasteiger partial charge is 0.0359 e. The Morgan fingerprint density at radius 1 is 1.11 bits per heavy atom. The molecule has 0 aliphatic heterocycles. The van der Waals surface area contributed by atoms with Crippen LogP contribution >= 0.6 is 0 Å². The summed E-state index contributed by atoms with van der Waals surface area (Å²) < 4.78 is 0. The van der Waals surface area contributed by atoms with Crippen LogP contribution in [0.3, 0.4) is 0 Å². The van der Waals surface area contributed by atoms with Crippen molar-refractivity contribution < 1.29 is 0 Å². The third-order valence-corrected chi connectivity index (χ3v) is 4.22. The fourth-order valence-corrected chi connectivity index (χ4v) is 2.89. The van der Waals surface area contributed by atoms with Gasteiger partial charge in [-0.25, -0.2) is 0 Å². The number of nitrogens with two attached hydrogens (primary N) is 1. The summed E-state index contributed by atoms with van der Waals surface area (Å²) in [5.41, 5.74) is 7.77. The highest BCUT2D eigenvalue weighted by Crippen LogP contribution is 2.32. The van der Waals surface area contributed by atoms with E-state index in [1.54, 1.807) is 0 Å². The molecule has 0 saturated carbocycles. The van der Waals surface area contributed by atoms with Crippen LogP contribution in [0.25, 0.3) is 0 Å². The van der Waals surface area contributed by atoms with E-state index in [1.807, 2.05) is 6.07 Å². The first kappa shape index (κ1) is 16.2. The number of hydrogen-bond donors (Lipinski definition) is 1. The van der Waals surface area contributed by atoms with E-state index in [4.69, 9.17) is 5.73 Å². The van der Waals surface area contributed by atoms with Crippen LogP contribution < -0.4 is 5.73 Å². The molecule has 0 spiro atoms. The van der Waals surface area contributed by atoms with Crippen molar-refractivity contribution in [2.75, 3.05) is 13.6 Å². The number of hydrogen-bond acceptors (Lipinski definition) is 2. The molecule has 108 valence electrons. The van der Waals surface area contributed by atoms with Crippen LogP contribution in [-0.4, -0.2) is 24.5 Å². The van der Waals surface area contributed by atoms with Crippen LogP contribution in [0.1, 0.15) is 52.1 Å². The Kier molecular flexibility index (Phi) is 6.02. The lowest BCUT2D eigenvalue weighted by Crippen LogP contribution is -2.43. The fraction of sp³-hybridized carbons (Fsp3) is 0.647. The summed E-state index contributed by atoms with van der Waals surface area (Å²) in [5, 5.41) is 0. The van der Waals surface area contributed by atoms with Gasteiger partial charge in [-0.15, -0.1) is 0 Å². The predicted molar refractivity (Wildman–Crippen MR) is 84.2 cm³/mol. The lowest BCUT2D eigenvalue weighted by molar-refractivity contribution is 0.132. The molecule has 1 rings (SSSR count). The van der Waals surface area contributed by atoms with E-state index < -0.39 is 0 Å². The summed E-state index contributed by atoms with van der Waals surface area (Å²) in [6, 6.07) is 11.2. The Labute approximate surface area is 119 Å². The third-order valence-electron chi connectivity index (χ3n) is 4.22. The molecule has 0 bridgehead atoms. The van der Waals surface area contributed by atoms with Gasteiger partial charge in [-0.05, 0) is 30.9 Å². The van der Waals surface area contributed by atoms with Crippen LogP contribution in [0.2, 0.25) is 0 Å². The number of benzene rings is 1. The molecule has 0 aromatic heterocycles. The van der Waals surface area contributed by atoms with Crippen molar-refractivity contribution in [1.82, 2.24) is 4.90 Å². The van der Waals surface area contributed by atoms with Gasteiger partial charge in [-0.2, -0.15) is 0 Å². The second-order valence-corrected chi connectivity index (χ2v) is 6.26. The Bertz CT molecular complexity index is 355. The SMILES string of the molecule is CCC(CC)N(C)CC(C)(C)C(N)c1ccccc1. The lowest BCUT2D eigenvalue weighted by atomic mass is 9.80. The van der Waals surface area contributed by atoms with Crippen molar-refractivity contribution in [3.63, 3.8) is 0 Å². The zero-order valence-corrected chi connectivity index (χ0v) is 13.2. The van der Waals surface area contributed by atoms with Gasteiger partial charge in [0, 0.05) is 18.6 Å². The minimum absolute atomic E-state index is 0.0681. The van der Waals surface area contributed by atoms with E-state index in [1.165, 1.54) is 18.4 Å². The molecule has 0 saturated heterocycles. The molecule has 0 aliphatic rings. The molecular weight excluding hydrogens is 232 g/mol. The van der Waals surface area contributed by atoms with Crippen molar-refractivity contribution in [1.29, 1.82) is 0 Å². The van der Waals surface area contributed by atoms with Crippen molar-refractivity contribution in [3.8, 4) is 0 Å². The molecule has 0 radical (unpaired) electrons. The van der Waals surface area contributed by atoms with E-state index in [9.17, 15) is 0 Å². The molecule has 2 nitrogen and oxygen atoms in total. The Morgan fingerprint density at radius 3 is 2.11 bits per heavy atom. The van der Waals surface area contributed by atoms with Gasteiger partial charge in [0.05, 0.1) is 0 Å². The molecule has 1 aromatic rings. The fourth-order valence-electron chi connectivity index (χ4n) is 2.89. The summed E-state index contributed by atoms with van der Waals surface area (Å²) in [5.74, 6) is 0. The Balaban J connectivity index is 2.75. The van der Waals surface area contributed by atoms with Crippen molar-refractivity contribution >= 4 is 0 Å². The summed E-state index contributed by atoms with van der Waals surface area (Å²) in [4.78, 5) is 2.46. The molecular formula is C17H30N2. The molecule has 19 heavy (non-hydrogen) atoms. The normalized spacial score (nSPS) is 14.1. The largest absolute Gasteiger partial charge is 0.323 e. The van der Waals surface area contributed by atoms with Gasteiger partial charge in [0.15, 0.2) is 0 Å². The van der Waals surface area contributed by atoms with Gasteiger partial charge in [-0.3, -0.25) is 0 Å². The second kappa shape index (κ2) is 7.06. The van der Waals surface area contributed by atoms with E-state index >= 15 is 0 Å². The molecule has 2 heteroatoms. The Morgan fingerprint density at radius 2 is 1.63 bits per heavy atom. The number of rotatable bonds is 7. The predicted octanol–water partition coefficient (Wildman–Crippen LogP) is 3.83. The maximum Gasteiger partial charge on any atom is 0.0359 e. The van der Waals surface area contributed by atoms with E-state index in [2.05, 4.69) is 63.9 Å². The maximum atomic E-state index is 6.48. The van der Waals surface area contributed by atoms with Gasteiger partial charge < -0.3 is 10.6 Å². The zero-order chi connectivity index (χ0) is 14.5. The van der Waals surface area contributed by atoms with Gasteiger partial charge >= 0.3 is 0 Å². The highest BCUT2D eigenvalue weighted by molar-refractivity contribution is 5.20. The minimum Gasteiger partial charge on any atom is -0.323 e. The molecule has 0 aliphatic carbocycles. The third kappa shape index (κ3) is 4.32. The molecule has 1 atom stereocenters. The van der Waals surface area contributed by atoms with Crippen molar-refractivity contribution in [2.24, 2.45) is 11.1 Å². The molecule has 1 unspecified atom stereocenters. The van der Waals surface area contributed by atoms with E-state index in [0.717, 1.165) is 6.54 Å². The van der Waals surface area contributed by atoms with Crippen molar-refractivity contribution in [3.05, 3.63) is 35.9 Å².